The van der Waals surface area contributed by atoms with Crippen molar-refractivity contribution in [2.45, 2.75) is 64.2 Å². The summed E-state index contributed by atoms with van der Waals surface area (Å²) in [5.74, 6) is 1.63. The van der Waals surface area contributed by atoms with Crippen LogP contribution in [0.4, 0.5) is 5.69 Å². The minimum absolute atomic E-state index is 0.0182. The Morgan fingerprint density at radius 2 is 1.84 bits per heavy atom. The van der Waals surface area contributed by atoms with Crippen molar-refractivity contribution in [3.8, 4) is 0 Å². The fourth-order valence-electron chi connectivity index (χ4n) is 3.91. The summed E-state index contributed by atoms with van der Waals surface area (Å²) in [6, 6.07) is 12.3. The maximum absolute atomic E-state index is 12.1. The first-order chi connectivity index (χ1) is 12.3. The number of nitrogens with one attached hydrogen (secondary N) is 1. The molecule has 0 saturated heterocycles. The van der Waals surface area contributed by atoms with E-state index in [1.54, 1.807) is 0 Å². The Hall–Kier alpha value is -1.61. The van der Waals surface area contributed by atoms with E-state index in [9.17, 15) is 4.79 Å². The lowest BCUT2D eigenvalue weighted by Crippen LogP contribution is -2.14. The van der Waals surface area contributed by atoms with Gasteiger partial charge in [-0.1, -0.05) is 50.8 Å². The van der Waals surface area contributed by atoms with Crippen molar-refractivity contribution in [1.82, 2.24) is 0 Å². The van der Waals surface area contributed by atoms with Crippen molar-refractivity contribution < 1.29 is 4.79 Å². The Bertz CT molecular complexity index is 639. The van der Waals surface area contributed by atoms with Crippen LogP contribution in [0.25, 0.3) is 0 Å². The second-order valence-electron chi connectivity index (χ2n) is 7.27. The average molecular weight is 356 g/mol. The number of thiophene rings is 1. The molecule has 3 rings (SSSR count). The lowest BCUT2D eigenvalue weighted by molar-refractivity contribution is 0.103. The molecule has 1 aromatic carbocycles. The number of carbonyl (C=O) groups excluding carboxylic acids is 1. The fourth-order valence-corrected chi connectivity index (χ4v) is 4.53. The number of anilines is 1. The number of unbranched alkanes of at least 4 members (excludes halogenated alkanes) is 2. The molecule has 1 N–H and O–H groups in total. The van der Waals surface area contributed by atoms with Crippen LogP contribution in [0, 0.1) is 5.92 Å². The predicted molar refractivity (Wildman–Crippen MR) is 108 cm³/mol. The maximum atomic E-state index is 12.1. The molecule has 25 heavy (non-hydrogen) atoms. The Labute approximate surface area is 155 Å². The third-order valence-electron chi connectivity index (χ3n) is 5.45. The first-order valence-corrected chi connectivity index (χ1v) is 10.6. The van der Waals surface area contributed by atoms with Crippen LogP contribution < -0.4 is 5.32 Å². The molecule has 0 unspecified atom stereocenters. The zero-order valence-electron chi connectivity index (χ0n) is 15.2. The average Bonchev–Trinajstić information content (AvgIpc) is 3.18. The summed E-state index contributed by atoms with van der Waals surface area (Å²) in [4.78, 5) is 12.9. The molecule has 134 valence electrons. The zero-order valence-corrected chi connectivity index (χ0v) is 16.0. The van der Waals surface area contributed by atoms with Gasteiger partial charge in [0.15, 0.2) is 0 Å². The molecule has 1 amide bonds. The van der Waals surface area contributed by atoms with Gasteiger partial charge in [-0.2, -0.15) is 0 Å². The van der Waals surface area contributed by atoms with Crippen LogP contribution in [0.5, 0.6) is 0 Å². The summed E-state index contributed by atoms with van der Waals surface area (Å²) < 4.78 is 0. The fraction of sp³-hybridized carbons (Fsp3) is 0.500. The summed E-state index contributed by atoms with van der Waals surface area (Å²) in [7, 11) is 0. The van der Waals surface area contributed by atoms with Crippen LogP contribution in [-0.2, 0) is 0 Å². The monoisotopic (exact) mass is 355 g/mol. The van der Waals surface area contributed by atoms with Gasteiger partial charge < -0.3 is 5.32 Å². The molecule has 1 aliphatic carbocycles. The highest BCUT2D eigenvalue weighted by Gasteiger charge is 2.22. The number of amides is 1. The molecule has 2 nitrogen and oxygen atoms in total. The molecule has 1 aliphatic rings. The molecule has 0 radical (unpaired) electrons. The molecule has 1 fully saturated rings. The van der Waals surface area contributed by atoms with Gasteiger partial charge in [-0.25, -0.2) is 0 Å². The highest BCUT2D eigenvalue weighted by atomic mass is 32.1. The number of carbonyl (C=O) groups is 1. The molecular formula is C22H29NOS. The van der Waals surface area contributed by atoms with E-state index < -0.39 is 0 Å². The number of hydrogen-bond acceptors (Lipinski definition) is 2. The standard InChI is InChI=1S/C22H29NOS/c1-2-3-4-6-17-8-10-18(11-9-17)19-12-14-20(15-13-19)23-22(24)21-7-5-16-25-21/h5,7,12-18H,2-4,6,8-11H2,1H3,(H,23,24). The van der Waals surface area contributed by atoms with Crippen LogP contribution in [0.2, 0.25) is 0 Å². The van der Waals surface area contributed by atoms with E-state index in [1.165, 1.54) is 68.3 Å². The minimum atomic E-state index is -0.0182. The van der Waals surface area contributed by atoms with Crippen LogP contribution in [0.3, 0.4) is 0 Å². The molecule has 0 atom stereocenters. The van der Waals surface area contributed by atoms with Crippen molar-refractivity contribution in [3.05, 3.63) is 52.2 Å². The lowest BCUT2D eigenvalue weighted by Gasteiger charge is -2.29. The quantitative estimate of drug-likeness (QED) is 0.540. The van der Waals surface area contributed by atoms with Gasteiger partial charge in [0.05, 0.1) is 4.88 Å². The third kappa shape index (κ3) is 5.18. The molecule has 1 heterocycles. The molecule has 3 heteroatoms. The molecule has 1 aromatic heterocycles. The predicted octanol–water partition coefficient (Wildman–Crippen LogP) is 6.85. The van der Waals surface area contributed by atoms with E-state index in [2.05, 4.69) is 24.4 Å². The van der Waals surface area contributed by atoms with E-state index in [4.69, 9.17) is 0 Å². The molecule has 1 saturated carbocycles. The summed E-state index contributed by atoms with van der Waals surface area (Å²) in [6.45, 7) is 2.28. The normalized spacial score (nSPS) is 20.4. The maximum Gasteiger partial charge on any atom is 0.265 e. The lowest BCUT2D eigenvalue weighted by atomic mass is 9.77. The first-order valence-electron chi connectivity index (χ1n) is 9.71. The van der Waals surface area contributed by atoms with E-state index in [0.29, 0.717) is 5.92 Å². The second-order valence-corrected chi connectivity index (χ2v) is 8.21. The Morgan fingerprint density at radius 1 is 1.08 bits per heavy atom. The largest absolute Gasteiger partial charge is 0.321 e. The molecule has 2 aromatic rings. The van der Waals surface area contributed by atoms with Gasteiger partial charge in [-0.3, -0.25) is 4.79 Å². The van der Waals surface area contributed by atoms with Crippen LogP contribution in [0.15, 0.2) is 41.8 Å². The van der Waals surface area contributed by atoms with E-state index in [-0.39, 0.29) is 5.91 Å². The van der Waals surface area contributed by atoms with Crippen molar-refractivity contribution in [3.63, 3.8) is 0 Å². The van der Waals surface area contributed by atoms with Gasteiger partial charge in [0.1, 0.15) is 0 Å². The molecule has 0 aliphatic heterocycles. The van der Waals surface area contributed by atoms with E-state index in [1.807, 2.05) is 29.6 Å². The Balaban J connectivity index is 1.49. The van der Waals surface area contributed by atoms with Crippen molar-refractivity contribution >= 4 is 22.9 Å². The van der Waals surface area contributed by atoms with Crippen molar-refractivity contribution in [1.29, 1.82) is 0 Å². The van der Waals surface area contributed by atoms with E-state index >= 15 is 0 Å². The van der Waals surface area contributed by atoms with Gasteiger partial charge in [-0.05, 0) is 66.7 Å². The van der Waals surface area contributed by atoms with Gasteiger partial charge in [0.25, 0.3) is 5.91 Å². The summed E-state index contributed by atoms with van der Waals surface area (Å²) in [5, 5.41) is 4.91. The van der Waals surface area contributed by atoms with Gasteiger partial charge >= 0.3 is 0 Å². The first kappa shape index (κ1) is 18.2. The van der Waals surface area contributed by atoms with Crippen LogP contribution >= 0.6 is 11.3 Å². The SMILES string of the molecule is CCCCCC1CCC(c2ccc(NC(=O)c3cccs3)cc2)CC1. The summed E-state index contributed by atoms with van der Waals surface area (Å²) in [5.41, 5.74) is 2.32. The van der Waals surface area contributed by atoms with Gasteiger partial charge in [-0.15, -0.1) is 11.3 Å². The molecular weight excluding hydrogens is 326 g/mol. The third-order valence-corrected chi connectivity index (χ3v) is 6.32. The van der Waals surface area contributed by atoms with Crippen LogP contribution in [-0.4, -0.2) is 5.91 Å². The van der Waals surface area contributed by atoms with E-state index in [0.717, 1.165) is 16.5 Å². The highest BCUT2D eigenvalue weighted by molar-refractivity contribution is 7.12. The number of rotatable bonds is 7. The Morgan fingerprint density at radius 3 is 2.48 bits per heavy atom. The zero-order chi connectivity index (χ0) is 17.5. The summed E-state index contributed by atoms with van der Waals surface area (Å²) >= 11 is 1.47. The topological polar surface area (TPSA) is 29.1 Å². The summed E-state index contributed by atoms with van der Waals surface area (Å²) in [6.07, 6.45) is 10.9. The molecule has 0 bridgehead atoms. The Kier molecular flexibility index (Phi) is 6.69. The van der Waals surface area contributed by atoms with Crippen LogP contribution in [0.1, 0.15) is 79.4 Å². The van der Waals surface area contributed by atoms with Gasteiger partial charge in [0, 0.05) is 5.69 Å². The smallest absolute Gasteiger partial charge is 0.265 e. The highest BCUT2D eigenvalue weighted by Crippen LogP contribution is 2.38. The minimum Gasteiger partial charge on any atom is -0.321 e. The number of benzene rings is 1. The van der Waals surface area contributed by atoms with Crippen molar-refractivity contribution in [2.75, 3.05) is 5.32 Å². The second kappa shape index (κ2) is 9.19. The van der Waals surface area contributed by atoms with Crippen molar-refractivity contribution in [2.24, 2.45) is 5.92 Å². The van der Waals surface area contributed by atoms with Gasteiger partial charge in [0.2, 0.25) is 0 Å². The molecule has 0 spiro atoms. The number of hydrogen-bond donors (Lipinski definition) is 1.